The minimum atomic E-state index is -0.317. The number of pyridine rings is 1. The highest BCUT2D eigenvalue weighted by atomic mass is 16.2. The second kappa shape index (κ2) is 4.94. The highest BCUT2D eigenvalue weighted by Crippen LogP contribution is 2.16. The Kier molecular flexibility index (Phi) is 3.52. The Labute approximate surface area is 106 Å². The second-order valence-electron chi connectivity index (χ2n) is 5.07. The number of nitrogens with one attached hydrogen (secondary N) is 1. The van der Waals surface area contributed by atoms with E-state index in [1.165, 1.54) is 0 Å². The lowest BCUT2D eigenvalue weighted by atomic mass is 9.94. The van der Waals surface area contributed by atoms with Crippen molar-refractivity contribution in [3.63, 3.8) is 0 Å². The van der Waals surface area contributed by atoms with E-state index in [4.69, 9.17) is 5.73 Å². The molecule has 3 N–H and O–H groups in total. The summed E-state index contributed by atoms with van der Waals surface area (Å²) in [6.45, 7) is 5.06. The number of carbonyl (C=O) groups excluding carboxylic acids is 1. The molecule has 2 atom stereocenters. The highest BCUT2D eigenvalue weighted by molar-refractivity contribution is 5.93. The number of carbonyl (C=O) groups is 1. The normalized spacial score (nSPS) is 24.1. The van der Waals surface area contributed by atoms with Crippen molar-refractivity contribution in [1.29, 1.82) is 0 Å². The van der Waals surface area contributed by atoms with E-state index >= 15 is 0 Å². The first kappa shape index (κ1) is 12.8. The van der Waals surface area contributed by atoms with Gasteiger partial charge in [0.1, 0.15) is 5.56 Å². The van der Waals surface area contributed by atoms with E-state index in [0.29, 0.717) is 13.1 Å². The number of rotatable bonds is 1. The van der Waals surface area contributed by atoms with E-state index in [0.717, 1.165) is 12.1 Å². The van der Waals surface area contributed by atoms with Crippen LogP contribution in [0.4, 0.5) is 0 Å². The molecule has 0 saturated carbocycles. The van der Waals surface area contributed by atoms with E-state index in [1.54, 1.807) is 24.0 Å². The maximum absolute atomic E-state index is 12.2. The monoisotopic (exact) mass is 249 g/mol. The van der Waals surface area contributed by atoms with Crippen LogP contribution in [0.3, 0.4) is 0 Å². The molecule has 5 heteroatoms. The fourth-order valence-corrected chi connectivity index (χ4v) is 2.26. The number of aromatic nitrogens is 1. The van der Waals surface area contributed by atoms with Gasteiger partial charge in [-0.15, -0.1) is 0 Å². The van der Waals surface area contributed by atoms with E-state index in [1.807, 2.05) is 6.92 Å². The maximum Gasteiger partial charge on any atom is 0.260 e. The molecule has 1 fully saturated rings. The van der Waals surface area contributed by atoms with Gasteiger partial charge in [-0.2, -0.15) is 0 Å². The number of amides is 1. The number of aryl methyl sites for hydroxylation is 1. The van der Waals surface area contributed by atoms with Gasteiger partial charge in [0.05, 0.1) is 0 Å². The molecule has 5 nitrogen and oxygen atoms in total. The number of nitrogens with zero attached hydrogens (tertiary/aromatic N) is 1. The number of likely N-dealkylation sites (tertiary alicyclic amines) is 1. The third-order valence-corrected chi connectivity index (χ3v) is 3.54. The molecular weight excluding hydrogens is 230 g/mol. The fraction of sp³-hybridized carbons (Fsp3) is 0.538. The van der Waals surface area contributed by atoms with Gasteiger partial charge in [0.2, 0.25) is 0 Å². The molecule has 0 radical (unpaired) electrons. The molecule has 0 bridgehead atoms. The van der Waals surface area contributed by atoms with Crippen LogP contribution in [0.1, 0.15) is 29.4 Å². The first-order chi connectivity index (χ1) is 8.49. The molecule has 0 spiro atoms. The Morgan fingerprint density at radius 2 is 2.22 bits per heavy atom. The molecular formula is C13H19N3O2. The quantitative estimate of drug-likeness (QED) is 0.760. The maximum atomic E-state index is 12.2. The van der Waals surface area contributed by atoms with Crippen molar-refractivity contribution >= 4 is 5.91 Å². The molecule has 2 rings (SSSR count). The van der Waals surface area contributed by atoms with Gasteiger partial charge in [-0.25, -0.2) is 0 Å². The van der Waals surface area contributed by atoms with Crippen molar-refractivity contribution in [2.24, 2.45) is 11.7 Å². The van der Waals surface area contributed by atoms with Gasteiger partial charge >= 0.3 is 0 Å². The number of aromatic amines is 1. The minimum Gasteiger partial charge on any atom is -0.338 e. The minimum absolute atomic E-state index is 0.144. The van der Waals surface area contributed by atoms with Gasteiger partial charge in [-0.1, -0.05) is 6.92 Å². The summed E-state index contributed by atoms with van der Waals surface area (Å²) >= 11 is 0. The zero-order chi connectivity index (χ0) is 13.3. The predicted molar refractivity (Wildman–Crippen MR) is 69.5 cm³/mol. The lowest BCUT2D eigenvalue weighted by Crippen LogP contribution is -2.49. The Bertz CT molecular complexity index is 509. The molecule has 2 unspecified atom stereocenters. The van der Waals surface area contributed by atoms with Crippen LogP contribution in [-0.4, -0.2) is 34.9 Å². The number of hydrogen-bond donors (Lipinski definition) is 2. The molecule has 1 amide bonds. The lowest BCUT2D eigenvalue weighted by molar-refractivity contribution is 0.0662. The molecule has 1 aromatic rings. The Balaban J connectivity index is 2.19. The van der Waals surface area contributed by atoms with Crippen molar-refractivity contribution in [2.75, 3.05) is 13.1 Å². The first-order valence-corrected chi connectivity index (χ1v) is 6.24. The van der Waals surface area contributed by atoms with Crippen molar-refractivity contribution in [3.05, 3.63) is 33.7 Å². The Morgan fingerprint density at radius 3 is 2.83 bits per heavy atom. The van der Waals surface area contributed by atoms with Crippen LogP contribution in [0.2, 0.25) is 0 Å². The van der Waals surface area contributed by atoms with E-state index in [-0.39, 0.29) is 29.0 Å². The van der Waals surface area contributed by atoms with Gasteiger partial charge in [0, 0.05) is 24.8 Å². The molecule has 1 aliphatic rings. The third-order valence-electron chi connectivity index (χ3n) is 3.54. The molecule has 98 valence electrons. The summed E-state index contributed by atoms with van der Waals surface area (Å²) < 4.78 is 0. The second-order valence-corrected chi connectivity index (χ2v) is 5.07. The average Bonchev–Trinajstić information content (AvgIpc) is 2.32. The molecule has 0 aromatic carbocycles. The molecule has 18 heavy (non-hydrogen) atoms. The third kappa shape index (κ3) is 2.46. The van der Waals surface area contributed by atoms with E-state index < -0.39 is 0 Å². The molecule has 1 aromatic heterocycles. The van der Waals surface area contributed by atoms with Gasteiger partial charge in [-0.05, 0) is 31.4 Å². The lowest BCUT2D eigenvalue weighted by Gasteiger charge is -2.34. The van der Waals surface area contributed by atoms with Crippen molar-refractivity contribution in [2.45, 2.75) is 26.3 Å². The number of hydrogen-bond acceptors (Lipinski definition) is 3. The Morgan fingerprint density at radius 1 is 1.50 bits per heavy atom. The predicted octanol–water partition coefficient (Wildman–Crippen LogP) is 0.493. The number of piperidine rings is 1. The van der Waals surface area contributed by atoms with Gasteiger partial charge in [-0.3, -0.25) is 9.59 Å². The van der Waals surface area contributed by atoms with Gasteiger partial charge in [0.15, 0.2) is 0 Å². The summed E-state index contributed by atoms with van der Waals surface area (Å²) in [4.78, 5) is 28.4. The fourth-order valence-electron chi connectivity index (χ4n) is 2.26. The largest absolute Gasteiger partial charge is 0.338 e. The molecule has 2 heterocycles. The summed E-state index contributed by atoms with van der Waals surface area (Å²) in [7, 11) is 0. The molecule has 1 saturated heterocycles. The van der Waals surface area contributed by atoms with Crippen molar-refractivity contribution < 1.29 is 4.79 Å². The van der Waals surface area contributed by atoms with E-state index in [2.05, 4.69) is 4.98 Å². The highest BCUT2D eigenvalue weighted by Gasteiger charge is 2.27. The summed E-state index contributed by atoms with van der Waals surface area (Å²) in [6, 6.07) is 3.48. The summed E-state index contributed by atoms with van der Waals surface area (Å²) in [5.41, 5.74) is 6.57. The van der Waals surface area contributed by atoms with Crippen LogP contribution >= 0.6 is 0 Å². The van der Waals surface area contributed by atoms with Gasteiger partial charge in [0.25, 0.3) is 11.5 Å². The van der Waals surface area contributed by atoms with Crippen LogP contribution in [-0.2, 0) is 0 Å². The topological polar surface area (TPSA) is 79.2 Å². The first-order valence-electron chi connectivity index (χ1n) is 6.24. The SMILES string of the molecule is Cc1ccc(C(=O)N2CCC(N)C(C)C2)c(=O)[nH]1. The zero-order valence-electron chi connectivity index (χ0n) is 10.8. The zero-order valence-corrected chi connectivity index (χ0v) is 10.8. The standard InChI is InChI=1S/C13H19N3O2/c1-8-7-16(6-5-11(8)14)13(18)10-4-3-9(2)15-12(10)17/h3-4,8,11H,5-7,14H2,1-2H3,(H,15,17). The van der Waals surface area contributed by atoms with E-state index in [9.17, 15) is 9.59 Å². The van der Waals surface area contributed by atoms with Gasteiger partial charge < -0.3 is 15.6 Å². The van der Waals surface area contributed by atoms with Crippen LogP contribution in [0.25, 0.3) is 0 Å². The summed E-state index contributed by atoms with van der Waals surface area (Å²) in [5.74, 6) is 0.0715. The molecule has 0 aliphatic carbocycles. The summed E-state index contributed by atoms with van der Waals surface area (Å²) in [6.07, 6.45) is 0.788. The van der Waals surface area contributed by atoms with Crippen LogP contribution < -0.4 is 11.3 Å². The number of nitrogens with two attached hydrogens (primary N) is 1. The van der Waals surface area contributed by atoms with Crippen molar-refractivity contribution in [3.8, 4) is 0 Å². The smallest absolute Gasteiger partial charge is 0.260 e. The molecule has 1 aliphatic heterocycles. The Hall–Kier alpha value is -1.62. The van der Waals surface area contributed by atoms with Crippen LogP contribution in [0.5, 0.6) is 0 Å². The van der Waals surface area contributed by atoms with Crippen LogP contribution in [0, 0.1) is 12.8 Å². The van der Waals surface area contributed by atoms with Crippen LogP contribution in [0.15, 0.2) is 16.9 Å². The van der Waals surface area contributed by atoms with Crippen molar-refractivity contribution in [1.82, 2.24) is 9.88 Å². The number of H-pyrrole nitrogens is 1. The average molecular weight is 249 g/mol. The summed E-state index contributed by atoms with van der Waals surface area (Å²) in [5, 5.41) is 0.